The van der Waals surface area contributed by atoms with Gasteiger partial charge in [0.05, 0.1) is 23.8 Å². The molecule has 0 N–H and O–H groups in total. The lowest BCUT2D eigenvalue weighted by molar-refractivity contribution is -0.124. The molecular formula is C29H34FN3O4. The zero-order chi connectivity index (χ0) is 27.0. The summed E-state index contributed by atoms with van der Waals surface area (Å²) in [5.41, 5.74) is 2.41. The van der Waals surface area contributed by atoms with Crippen LogP contribution in [-0.2, 0) is 18.3 Å². The van der Waals surface area contributed by atoms with Crippen LogP contribution in [0.5, 0.6) is 5.75 Å². The van der Waals surface area contributed by atoms with E-state index < -0.39 is 11.7 Å². The van der Waals surface area contributed by atoms with Crippen LogP contribution in [0.25, 0.3) is 10.9 Å². The van der Waals surface area contributed by atoms with Crippen molar-refractivity contribution >= 4 is 28.5 Å². The van der Waals surface area contributed by atoms with Crippen molar-refractivity contribution in [3.05, 3.63) is 65.1 Å². The van der Waals surface area contributed by atoms with E-state index in [0.29, 0.717) is 34.7 Å². The first kappa shape index (κ1) is 26.4. The summed E-state index contributed by atoms with van der Waals surface area (Å²) in [6.45, 7) is 4.76. The molecule has 0 aliphatic carbocycles. The van der Waals surface area contributed by atoms with E-state index in [4.69, 9.17) is 4.74 Å². The number of methoxy groups -OCH3 is 1. The normalized spacial score (nSPS) is 19.6. The first-order chi connectivity index (χ1) is 17.5. The number of ether oxygens (including phenoxy) is 1. The molecule has 0 bridgehead atoms. The number of carbonyl (C=O) groups excluding carboxylic acids is 3. The molecule has 2 heterocycles. The molecule has 8 heteroatoms. The maximum absolute atomic E-state index is 13.8. The number of aryl methyl sites for hydroxylation is 1. The number of ketones is 1. The minimum Gasteiger partial charge on any atom is -0.496 e. The van der Waals surface area contributed by atoms with Crippen molar-refractivity contribution in [3.8, 4) is 5.75 Å². The van der Waals surface area contributed by atoms with Crippen molar-refractivity contribution in [2.24, 2.45) is 18.9 Å². The van der Waals surface area contributed by atoms with Gasteiger partial charge < -0.3 is 19.1 Å². The van der Waals surface area contributed by atoms with Gasteiger partial charge in [-0.05, 0) is 55.4 Å². The highest BCUT2D eigenvalue weighted by Gasteiger charge is 2.35. The van der Waals surface area contributed by atoms with Crippen molar-refractivity contribution < 1.29 is 23.5 Å². The summed E-state index contributed by atoms with van der Waals surface area (Å²) in [6.07, 6.45) is 3.27. The quantitative estimate of drug-likeness (QED) is 0.368. The molecule has 3 aromatic rings. The predicted octanol–water partition coefficient (Wildman–Crippen LogP) is 4.33. The zero-order valence-corrected chi connectivity index (χ0v) is 22.2. The number of aromatic nitrogens is 1. The number of rotatable bonds is 6. The molecule has 0 saturated carbocycles. The van der Waals surface area contributed by atoms with Gasteiger partial charge in [-0.15, -0.1) is 0 Å². The van der Waals surface area contributed by atoms with E-state index in [2.05, 4.69) is 6.92 Å². The van der Waals surface area contributed by atoms with E-state index in [1.165, 1.54) is 38.2 Å². The van der Waals surface area contributed by atoms with Crippen LogP contribution in [0.2, 0.25) is 0 Å². The fraction of sp³-hybridized carbons (Fsp3) is 0.414. The van der Waals surface area contributed by atoms with Crippen LogP contribution in [0.15, 0.2) is 42.6 Å². The fourth-order valence-electron chi connectivity index (χ4n) is 5.33. The molecule has 1 aromatic heterocycles. The molecular weight excluding hydrogens is 473 g/mol. The maximum Gasteiger partial charge on any atom is 0.294 e. The number of likely N-dealkylation sites (tertiary alicyclic amines) is 1. The van der Waals surface area contributed by atoms with Crippen LogP contribution < -0.4 is 4.74 Å². The summed E-state index contributed by atoms with van der Waals surface area (Å²) in [6, 6.07) is 10.0. The van der Waals surface area contributed by atoms with Crippen LogP contribution in [0.1, 0.15) is 46.5 Å². The highest BCUT2D eigenvalue weighted by molar-refractivity contribution is 6.44. The number of nitrogens with zero attached hydrogens (tertiary/aromatic N) is 3. The number of benzene rings is 2. The number of Topliss-reactive ketones (excluding diaryl/α,β-unsaturated/α-hetero) is 1. The van der Waals surface area contributed by atoms with Gasteiger partial charge in [-0.3, -0.25) is 14.4 Å². The molecule has 1 aliphatic heterocycles. The van der Waals surface area contributed by atoms with Crippen molar-refractivity contribution in [2.75, 3.05) is 27.7 Å². The lowest BCUT2D eigenvalue weighted by Gasteiger charge is -2.42. The predicted molar refractivity (Wildman–Crippen MR) is 140 cm³/mol. The van der Waals surface area contributed by atoms with Gasteiger partial charge in [0.1, 0.15) is 11.6 Å². The Balaban J connectivity index is 1.63. The SMILES string of the molecule is COc1cc2c(cc1C(=O)N1C[C@H](C)C(Cc3ccc(F)cc3)C[C@H]1C)c(C(=O)C(=O)N(C)C)cn2C. The minimum atomic E-state index is -0.623. The third kappa shape index (κ3) is 5.10. The number of piperidine rings is 1. The van der Waals surface area contributed by atoms with Crippen molar-refractivity contribution in [1.29, 1.82) is 0 Å². The summed E-state index contributed by atoms with van der Waals surface area (Å²) in [5.74, 6) is -0.629. The Labute approximate surface area is 216 Å². The number of likely N-dealkylation sites (N-methyl/N-ethyl adjacent to an activating group) is 1. The molecule has 1 aliphatic rings. The topological polar surface area (TPSA) is 71.8 Å². The summed E-state index contributed by atoms with van der Waals surface area (Å²) in [5, 5.41) is 0.541. The number of hydrogen-bond donors (Lipinski definition) is 0. The van der Waals surface area contributed by atoms with Crippen molar-refractivity contribution in [2.45, 2.75) is 32.7 Å². The van der Waals surface area contributed by atoms with Crippen LogP contribution >= 0.6 is 0 Å². The van der Waals surface area contributed by atoms with Gasteiger partial charge in [0.25, 0.3) is 17.6 Å². The molecule has 2 aromatic carbocycles. The Morgan fingerprint density at radius 1 is 1.08 bits per heavy atom. The molecule has 2 amide bonds. The summed E-state index contributed by atoms with van der Waals surface area (Å²) in [7, 11) is 6.37. The Hall–Kier alpha value is -3.68. The molecule has 37 heavy (non-hydrogen) atoms. The van der Waals surface area contributed by atoms with Gasteiger partial charge in [-0.1, -0.05) is 19.1 Å². The van der Waals surface area contributed by atoms with Crippen LogP contribution in [-0.4, -0.2) is 65.8 Å². The molecule has 1 unspecified atom stereocenters. The van der Waals surface area contributed by atoms with Crippen molar-refractivity contribution in [3.63, 3.8) is 0 Å². The summed E-state index contributed by atoms with van der Waals surface area (Å²) >= 11 is 0. The van der Waals surface area contributed by atoms with Crippen LogP contribution in [0, 0.1) is 17.7 Å². The molecule has 3 atom stereocenters. The largest absolute Gasteiger partial charge is 0.496 e. The Kier molecular flexibility index (Phi) is 7.39. The third-order valence-corrected chi connectivity index (χ3v) is 7.52. The van der Waals surface area contributed by atoms with E-state index in [0.717, 1.165) is 18.4 Å². The molecule has 1 fully saturated rings. The smallest absolute Gasteiger partial charge is 0.294 e. The second kappa shape index (κ2) is 10.4. The average molecular weight is 508 g/mol. The lowest BCUT2D eigenvalue weighted by atomic mass is 9.79. The van der Waals surface area contributed by atoms with E-state index in [1.807, 2.05) is 24.0 Å². The van der Waals surface area contributed by atoms with E-state index in [1.54, 1.807) is 29.9 Å². The summed E-state index contributed by atoms with van der Waals surface area (Å²) in [4.78, 5) is 42.3. The van der Waals surface area contributed by atoms with E-state index in [-0.39, 0.29) is 29.2 Å². The molecule has 4 rings (SSSR count). The van der Waals surface area contributed by atoms with Crippen molar-refractivity contribution in [1.82, 2.24) is 14.4 Å². The molecule has 0 spiro atoms. The molecule has 0 radical (unpaired) electrons. The Morgan fingerprint density at radius 3 is 2.38 bits per heavy atom. The minimum absolute atomic E-state index is 0.0123. The molecule has 7 nitrogen and oxygen atoms in total. The van der Waals surface area contributed by atoms with Crippen LogP contribution in [0.3, 0.4) is 0 Å². The highest BCUT2D eigenvalue weighted by atomic mass is 19.1. The molecule has 196 valence electrons. The summed E-state index contributed by atoms with van der Waals surface area (Å²) < 4.78 is 20.7. The Bertz CT molecular complexity index is 1350. The first-order valence-corrected chi connectivity index (χ1v) is 12.5. The monoisotopic (exact) mass is 507 g/mol. The second-order valence-electron chi connectivity index (χ2n) is 10.4. The van der Waals surface area contributed by atoms with Gasteiger partial charge in [-0.2, -0.15) is 0 Å². The van der Waals surface area contributed by atoms with Gasteiger partial charge in [-0.25, -0.2) is 4.39 Å². The fourth-order valence-corrected chi connectivity index (χ4v) is 5.33. The van der Waals surface area contributed by atoms with Gasteiger partial charge in [0, 0.05) is 51.4 Å². The standard InChI is InChI=1S/C29H34FN3O4/c1-17-15-33(18(2)11-20(17)12-19-7-9-21(30)10-8-19)28(35)23-13-22-24(27(34)29(36)31(3)4)16-32(5)25(22)14-26(23)37-6/h7-10,13-14,16-18,20H,11-12,15H2,1-6H3/t17-,18+,20?/m0/s1. The maximum atomic E-state index is 13.8. The number of hydrogen-bond acceptors (Lipinski definition) is 4. The first-order valence-electron chi connectivity index (χ1n) is 12.5. The number of halogens is 1. The number of carbonyl (C=O) groups is 3. The van der Waals surface area contributed by atoms with E-state index in [9.17, 15) is 18.8 Å². The Morgan fingerprint density at radius 2 is 1.76 bits per heavy atom. The average Bonchev–Trinajstić information content (AvgIpc) is 3.20. The third-order valence-electron chi connectivity index (χ3n) is 7.52. The van der Waals surface area contributed by atoms with Gasteiger partial charge in [0.2, 0.25) is 0 Å². The highest BCUT2D eigenvalue weighted by Crippen LogP contribution is 2.35. The van der Waals surface area contributed by atoms with Crippen LogP contribution in [0.4, 0.5) is 4.39 Å². The van der Waals surface area contributed by atoms with Gasteiger partial charge >= 0.3 is 0 Å². The zero-order valence-electron chi connectivity index (χ0n) is 22.2. The molecule has 1 saturated heterocycles. The number of amides is 2. The second-order valence-corrected chi connectivity index (χ2v) is 10.4. The number of fused-ring (bicyclic) bond motifs is 1. The van der Waals surface area contributed by atoms with Gasteiger partial charge in [0.15, 0.2) is 0 Å². The van der Waals surface area contributed by atoms with E-state index >= 15 is 0 Å². The lowest BCUT2D eigenvalue weighted by Crippen LogP contribution is -2.48.